The van der Waals surface area contributed by atoms with E-state index in [9.17, 15) is 5.11 Å². The number of H-pyrrole nitrogens is 1. The van der Waals surface area contributed by atoms with Gasteiger partial charge in [-0.15, -0.1) is 0 Å². The highest BCUT2D eigenvalue weighted by atomic mass is 16.3. The van der Waals surface area contributed by atoms with E-state index >= 15 is 0 Å². The Hall–Kier alpha value is -0.940. The molecule has 0 aliphatic heterocycles. The van der Waals surface area contributed by atoms with Crippen LogP contribution in [0.4, 0.5) is 0 Å². The van der Waals surface area contributed by atoms with Crippen molar-refractivity contribution in [3.8, 4) is 0 Å². The molecule has 0 saturated heterocycles. The van der Waals surface area contributed by atoms with E-state index in [4.69, 9.17) is 5.73 Å². The fourth-order valence-electron chi connectivity index (χ4n) is 1.99. The molecule has 0 spiro atoms. The van der Waals surface area contributed by atoms with Crippen LogP contribution < -0.4 is 5.73 Å². The molecule has 4 N–H and O–H groups in total. The number of aromatic nitrogens is 3. The summed E-state index contributed by atoms with van der Waals surface area (Å²) >= 11 is 0. The van der Waals surface area contributed by atoms with E-state index in [1.807, 2.05) is 0 Å². The predicted molar refractivity (Wildman–Crippen MR) is 46.9 cm³/mol. The van der Waals surface area contributed by atoms with E-state index in [1.165, 1.54) is 6.33 Å². The maximum absolute atomic E-state index is 9.62. The quantitative estimate of drug-likeness (QED) is 0.581. The Morgan fingerprint density at radius 1 is 1.62 bits per heavy atom. The van der Waals surface area contributed by atoms with Crippen molar-refractivity contribution in [2.45, 2.75) is 24.9 Å². The van der Waals surface area contributed by atoms with Crippen LogP contribution in [0.1, 0.15) is 24.6 Å². The maximum Gasteiger partial charge on any atom is 0.137 e. The molecule has 2 rings (SSSR count). The fraction of sp³-hybridized carbons (Fsp3) is 0.750. The molecule has 5 nitrogen and oxygen atoms in total. The van der Waals surface area contributed by atoms with Crippen LogP contribution in [0.15, 0.2) is 6.33 Å². The van der Waals surface area contributed by atoms with Crippen LogP contribution in [0.2, 0.25) is 0 Å². The van der Waals surface area contributed by atoms with Crippen molar-refractivity contribution in [1.29, 1.82) is 0 Å². The fourth-order valence-corrected chi connectivity index (χ4v) is 1.99. The minimum Gasteiger partial charge on any atom is -0.393 e. The van der Waals surface area contributed by atoms with Gasteiger partial charge in [-0.25, -0.2) is 4.98 Å². The lowest BCUT2D eigenvalue weighted by molar-refractivity contribution is 0.136. The van der Waals surface area contributed by atoms with Crippen LogP contribution in [0.25, 0.3) is 0 Å². The largest absolute Gasteiger partial charge is 0.393 e. The van der Waals surface area contributed by atoms with Crippen molar-refractivity contribution in [1.82, 2.24) is 15.2 Å². The Morgan fingerprint density at radius 2 is 2.46 bits per heavy atom. The average Bonchev–Trinajstić information content (AvgIpc) is 2.71. The topological polar surface area (TPSA) is 87.8 Å². The SMILES string of the molecule is NC[C@@H]1C[C@@H](c2ncn[nH]2)C[C@@H]1O. The third-order valence-corrected chi connectivity index (χ3v) is 2.78. The molecule has 13 heavy (non-hydrogen) atoms. The molecule has 0 unspecified atom stereocenters. The number of hydrogen-bond donors (Lipinski definition) is 3. The summed E-state index contributed by atoms with van der Waals surface area (Å²) in [7, 11) is 0. The van der Waals surface area contributed by atoms with Gasteiger partial charge in [-0.1, -0.05) is 0 Å². The van der Waals surface area contributed by atoms with E-state index in [1.54, 1.807) is 0 Å². The van der Waals surface area contributed by atoms with Crippen molar-refractivity contribution in [2.75, 3.05) is 6.54 Å². The van der Waals surface area contributed by atoms with Crippen molar-refractivity contribution in [2.24, 2.45) is 11.7 Å². The molecule has 1 fully saturated rings. The number of aliphatic hydroxyl groups is 1. The highest BCUT2D eigenvalue weighted by Gasteiger charge is 2.34. The van der Waals surface area contributed by atoms with Crippen LogP contribution >= 0.6 is 0 Å². The molecule has 1 aromatic rings. The lowest BCUT2D eigenvalue weighted by Crippen LogP contribution is -2.21. The number of rotatable bonds is 2. The standard InChI is InChI=1S/C8H14N4O/c9-3-6-1-5(2-7(6)13)8-10-4-11-12-8/h4-7,13H,1-3,9H2,(H,10,11,12)/t5-,6+,7+/m1/s1. The van der Waals surface area contributed by atoms with Gasteiger partial charge < -0.3 is 10.8 Å². The zero-order chi connectivity index (χ0) is 9.26. The van der Waals surface area contributed by atoms with Crippen LogP contribution in [-0.2, 0) is 0 Å². The Labute approximate surface area is 76.4 Å². The lowest BCUT2D eigenvalue weighted by atomic mass is 10.0. The van der Waals surface area contributed by atoms with Gasteiger partial charge in [-0.3, -0.25) is 5.10 Å². The smallest absolute Gasteiger partial charge is 0.137 e. The summed E-state index contributed by atoms with van der Waals surface area (Å²) in [5.74, 6) is 1.39. The summed E-state index contributed by atoms with van der Waals surface area (Å²) in [5, 5.41) is 16.2. The molecule has 0 amide bonds. The summed E-state index contributed by atoms with van der Waals surface area (Å²) in [4.78, 5) is 4.08. The van der Waals surface area contributed by atoms with Crippen LogP contribution in [0.3, 0.4) is 0 Å². The molecule has 0 radical (unpaired) electrons. The zero-order valence-corrected chi connectivity index (χ0v) is 7.35. The number of nitrogens with zero attached hydrogens (tertiary/aromatic N) is 2. The van der Waals surface area contributed by atoms with Gasteiger partial charge >= 0.3 is 0 Å². The summed E-state index contributed by atoms with van der Waals surface area (Å²) < 4.78 is 0. The van der Waals surface area contributed by atoms with Crippen LogP contribution in [0.5, 0.6) is 0 Å². The second-order valence-electron chi connectivity index (χ2n) is 3.60. The van der Waals surface area contributed by atoms with Gasteiger partial charge in [-0.05, 0) is 25.3 Å². The molecular weight excluding hydrogens is 168 g/mol. The molecule has 72 valence electrons. The van der Waals surface area contributed by atoms with Gasteiger partial charge in [0.15, 0.2) is 0 Å². The molecule has 3 atom stereocenters. The Kier molecular flexibility index (Phi) is 2.28. The molecule has 1 aliphatic carbocycles. The molecular formula is C8H14N4O. The highest BCUT2D eigenvalue weighted by Crippen LogP contribution is 2.36. The first-order valence-corrected chi connectivity index (χ1v) is 4.54. The number of nitrogens with two attached hydrogens (primary N) is 1. The third-order valence-electron chi connectivity index (χ3n) is 2.78. The van der Waals surface area contributed by atoms with E-state index in [2.05, 4.69) is 15.2 Å². The molecule has 5 heteroatoms. The van der Waals surface area contributed by atoms with Crippen molar-refractivity contribution in [3.05, 3.63) is 12.2 Å². The Morgan fingerprint density at radius 3 is 3.00 bits per heavy atom. The summed E-state index contributed by atoms with van der Waals surface area (Å²) in [6.45, 7) is 0.547. The predicted octanol–water partition coefficient (Wildman–Crippen LogP) is -0.382. The Balaban J connectivity index is 2.05. The normalized spacial score (nSPS) is 33.8. The van der Waals surface area contributed by atoms with Crippen LogP contribution in [0, 0.1) is 5.92 Å². The van der Waals surface area contributed by atoms with Crippen LogP contribution in [-0.4, -0.2) is 32.9 Å². The van der Waals surface area contributed by atoms with Gasteiger partial charge in [0.2, 0.25) is 0 Å². The molecule has 1 saturated carbocycles. The monoisotopic (exact) mass is 182 g/mol. The van der Waals surface area contributed by atoms with Crippen molar-refractivity contribution < 1.29 is 5.11 Å². The van der Waals surface area contributed by atoms with Gasteiger partial charge in [0.25, 0.3) is 0 Å². The maximum atomic E-state index is 9.62. The second-order valence-corrected chi connectivity index (χ2v) is 3.60. The van der Waals surface area contributed by atoms with Crippen molar-refractivity contribution >= 4 is 0 Å². The first-order chi connectivity index (χ1) is 6.31. The first kappa shape index (κ1) is 8.65. The van der Waals surface area contributed by atoms with Gasteiger partial charge in [0, 0.05) is 5.92 Å². The van der Waals surface area contributed by atoms with Gasteiger partial charge in [-0.2, -0.15) is 5.10 Å². The van der Waals surface area contributed by atoms with E-state index < -0.39 is 0 Å². The summed E-state index contributed by atoms with van der Waals surface area (Å²) in [6, 6.07) is 0. The number of hydrogen-bond acceptors (Lipinski definition) is 4. The van der Waals surface area contributed by atoms with Crippen molar-refractivity contribution in [3.63, 3.8) is 0 Å². The van der Waals surface area contributed by atoms with Gasteiger partial charge in [0.1, 0.15) is 12.2 Å². The van der Waals surface area contributed by atoms with E-state index in [0.717, 1.165) is 18.7 Å². The number of aromatic amines is 1. The second kappa shape index (κ2) is 3.43. The Bertz CT molecular complexity index is 261. The molecule has 1 aromatic heterocycles. The molecule has 1 heterocycles. The lowest BCUT2D eigenvalue weighted by Gasteiger charge is -2.09. The number of aliphatic hydroxyl groups excluding tert-OH is 1. The minimum absolute atomic E-state index is 0.218. The third kappa shape index (κ3) is 1.57. The average molecular weight is 182 g/mol. The summed E-state index contributed by atoms with van der Waals surface area (Å²) in [5.41, 5.74) is 5.53. The minimum atomic E-state index is -0.278. The first-order valence-electron chi connectivity index (χ1n) is 4.54. The van der Waals surface area contributed by atoms with E-state index in [-0.39, 0.29) is 12.0 Å². The van der Waals surface area contributed by atoms with Gasteiger partial charge in [0.05, 0.1) is 6.10 Å². The van der Waals surface area contributed by atoms with E-state index in [0.29, 0.717) is 12.5 Å². The molecule has 0 bridgehead atoms. The highest BCUT2D eigenvalue weighted by molar-refractivity contribution is 5.00. The molecule has 1 aliphatic rings. The zero-order valence-electron chi connectivity index (χ0n) is 7.35. The number of nitrogens with one attached hydrogen (secondary N) is 1. The molecule has 0 aromatic carbocycles. The summed E-state index contributed by atoms with van der Waals surface area (Å²) in [6.07, 6.45) is 2.88.